The predicted octanol–water partition coefficient (Wildman–Crippen LogP) is 5.54. The molecule has 1 heterocycles. The summed E-state index contributed by atoms with van der Waals surface area (Å²) in [7, 11) is 3.47. The second-order valence-corrected chi connectivity index (χ2v) is 8.96. The molecule has 6 nitrogen and oxygen atoms in total. The third-order valence-corrected chi connectivity index (χ3v) is 6.16. The van der Waals surface area contributed by atoms with E-state index >= 15 is 0 Å². The van der Waals surface area contributed by atoms with Gasteiger partial charge in [0.25, 0.3) is 0 Å². The van der Waals surface area contributed by atoms with Crippen molar-refractivity contribution in [1.29, 1.82) is 0 Å². The van der Waals surface area contributed by atoms with Gasteiger partial charge in [-0.3, -0.25) is 9.89 Å². The molecule has 0 aliphatic rings. The quantitative estimate of drug-likeness (QED) is 0.163. The van der Waals surface area contributed by atoms with Crippen LogP contribution < -0.4 is 10.1 Å². The molecule has 0 fully saturated rings. The second kappa shape index (κ2) is 12.7. The van der Waals surface area contributed by atoms with E-state index in [1.54, 1.807) is 25.1 Å². The van der Waals surface area contributed by atoms with Crippen LogP contribution in [0.5, 0.6) is 5.75 Å². The Bertz CT molecular complexity index is 1370. The smallest absolute Gasteiger partial charge is 0.245 e. The highest BCUT2D eigenvalue weighted by atomic mass is 16.5. The van der Waals surface area contributed by atoms with E-state index in [-0.39, 0.29) is 5.91 Å². The zero-order valence-corrected chi connectivity index (χ0v) is 21.7. The van der Waals surface area contributed by atoms with Gasteiger partial charge < -0.3 is 15.0 Å². The van der Waals surface area contributed by atoms with Crippen molar-refractivity contribution < 1.29 is 9.53 Å². The number of allylic oxidation sites excluding steroid dienone is 1. The van der Waals surface area contributed by atoms with Crippen molar-refractivity contribution >= 4 is 28.0 Å². The SMILES string of the molecule is CCC(=C(c1ccccc1)c1ccc2[nH]ncc2c1)c1ccc(OCCNCC=CC(=O)N(C)C)cc1. The van der Waals surface area contributed by atoms with Crippen molar-refractivity contribution in [3.05, 3.63) is 108 Å². The molecule has 0 radical (unpaired) electrons. The van der Waals surface area contributed by atoms with Crippen molar-refractivity contribution in [3.63, 3.8) is 0 Å². The Morgan fingerprint density at radius 3 is 2.49 bits per heavy atom. The first-order valence-corrected chi connectivity index (χ1v) is 12.6. The minimum Gasteiger partial charge on any atom is -0.492 e. The Morgan fingerprint density at radius 1 is 1.00 bits per heavy atom. The Labute approximate surface area is 218 Å². The van der Waals surface area contributed by atoms with Gasteiger partial charge in [-0.25, -0.2) is 0 Å². The summed E-state index contributed by atoms with van der Waals surface area (Å²) in [5.41, 5.74) is 7.07. The Kier molecular flexibility index (Phi) is 8.89. The van der Waals surface area contributed by atoms with Crippen LogP contribution in [0.2, 0.25) is 0 Å². The van der Waals surface area contributed by atoms with Crippen molar-refractivity contribution in [2.45, 2.75) is 13.3 Å². The molecule has 0 bridgehead atoms. The highest BCUT2D eigenvalue weighted by Crippen LogP contribution is 2.35. The molecule has 0 atom stereocenters. The number of carbonyl (C=O) groups is 1. The molecule has 190 valence electrons. The van der Waals surface area contributed by atoms with Crippen LogP contribution in [0.1, 0.15) is 30.0 Å². The largest absolute Gasteiger partial charge is 0.492 e. The van der Waals surface area contributed by atoms with Crippen molar-refractivity contribution in [2.24, 2.45) is 0 Å². The first-order chi connectivity index (χ1) is 18.1. The van der Waals surface area contributed by atoms with Gasteiger partial charge in [-0.1, -0.05) is 61.5 Å². The maximum absolute atomic E-state index is 11.5. The molecule has 1 amide bonds. The van der Waals surface area contributed by atoms with Gasteiger partial charge in [0.1, 0.15) is 12.4 Å². The van der Waals surface area contributed by atoms with Crippen LogP contribution in [0.25, 0.3) is 22.0 Å². The Morgan fingerprint density at radius 2 is 1.76 bits per heavy atom. The Balaban J connectivity index is 1.48. The average molecular weight is 495 g/mol. The van der Waals surface area contributed by atoms with E-state index in [2.05, 4.69) is 77.0 Å². The van der Waals surface area contributed by atoms with Gasteiger partial charge in [0.2, 0.25) is 5.91 Å². The van der Waals surface area contributed by atoms with Gasteiger partial charge in [-0.2, -0.15) is 5.10 Å². The average Bonchev–Trinajstić information content (AvgIpc) is 3.40. The molecule has 4 rings (SSSR count). The fourth-order valence-electron chi connectivity index (χ4n) is 4.23. The van der Waals surface area contributed by atoms with E-state index < -0.39 is 0 Å². The molecule has 0 saturated carbocycles. The van der Waals surface area contributed by atoms with Crippen molar-refractivity contribution in [1.82, 2.24) is 20.4 Å². The van der Waals surface area contributed by atoms with Gasteiger partial charge in [0, 0.05) is 38.6 Å². The number of benzene rings is 3. The van der Waals surface area contributed by atoms with Gasteiger partial charge in [0.15, 0.2) is 0 Å². The lowest BCUT2D eigenvalue weighted by Crippen LogP contribution is -2.22. The second-order valence-electron chi connectivity index (χ2n) is 8.96. The number of aromatic amines is 1. The molecule has 2 N–H and O–H groups in total. The van der Waals surface area contributed by atoms with Gasteiger partial charge in [-0.05, 0) is 58.5 Å². The number of H-pyrrole nitrogens is 1. The van der Waals surface area contributed by atoms with Gasteiger partial charge >= 0.3 is 0 Å². The number of rotatable bonds is 11. The van der Waals surface area contributed by atoms with Crippen LogP contribution in [0.3, 0.4) is 0 Å². The number of nitrogens with zero attached hydrogens (tertiary/aromatic N) is 2. The van der Waals surface area contributed by atoms with E-state index in [0.717, 1.165) is 23.1 Å². The lowest BCUT2D eigenvalue weighted by atomic mass is 9.88. The summed E-state index contributed by atoms with van der Waals surface area (Å²) < 4.78 is 5.92. The van der Waals surface area contributed by atoms with Crippen molar-refractivity contribution in [2.75, 3.05) is 33.8 Å². The molecule has 0 spiro atoms. The molecule has 37 heavy (non-hydrogen) atoms. The molecule has 1 aromatic heterocycles. The number of ether oxygens (including phenoxy) is 1. The molecule has 0 aliphatic carbocycles. The van der Waals surface area contributed by atoms with E-state index in [1.165, 1.54) is 27.8 Å². The van der Waals surface area contributed by atoms with Crippen molar-refractivity contribution in [3.8, 4) is 5.75 Å². The van der Waals surface area contributed by atoms with Gasteiger partial charge in [0.05, 0.1) is 11.7 Å². The van der Waals surface area contributed by atoms with E-state index in [1.807, 2.05) is 30.5 Å². The number of fused-ring (bicyclic) bond motifs is 1. The maximum atomic E-state index is 11.5. The van der Waals surface area contributed by atoms with Crippen LogP contribution in [0.15, 0.2) is 91.1 Å². The topological polar surface area (TPSA) is 70.2 Å². The summed E-state index contributed by atoms with van der Waals surface area (Å²) in [4.78, 5) is 13.1. The fraction of sp³-hybridized carbons (Fsp3) is 0.226. The summed E-state index contributed by atoms with van der Waals surface area (Å²) in [6, 6.07) is 25.3. The zero-order chi connectivity index (χ0) is 26.0. The maximum Gasteiger partial charge on any atom is 0.245 e. The van der Waals surface area contributed by atoms with E-state index in [9.17, 15) is 4.79 Å². The summed E-state index contributed by atoms with van der Waals surface area (Å²) in [5, 5.41) is 11.6. The first-order valence-electron chi connectivity index (χ1n) is 12.6. The minimum absolute atomic E-state index is 0.0175. The van der Waals surface area contributed by atoms with Crippen LogP contribution in [0.4, 0.5) is 0 Å². The van der Waals surface area contributed by atoms with Crippen LogP contribution in [-0.4, -0.2) is 54.8 Å². The van der Waals surface area contributed by atoms with Crippen LogP contribution in [-0.2, 0) is 4.79 Å². The number of carbonyl (C=O) groups excluding carboxylic acids is 1. The summed E-state index contributed by atoms with van der Waals surface area (Å²) >= 11 is 0. The number of amides is 1. The lowest BCUT2D eigenvalue weighted by molar-refractivity contribution is -0.123. The number of aromatic nitrogens is 2. The Hall–Kier alpha value is -4.16. The van der Waals surface area contributed by atoms with E-state index in [0.29, 0.717) is 19.7 Å². The van der Waals surface area contributed by atoms with Gasteiger partial charge in [-0.15, -0.1) is 0 Å². The third-order valence-electron chi connectivity index (χ3n) is 6.16. The summed E-state index contributed by atoms with van der Waals surface area (Å²) in [6.07, 6.45) is 6.15. The lowest BCUT2D eigenvalue weighted by Gasteiger charge is -2.17. The van der Waals surface area contributed by atoms with Crippen LogP contribution in [0, 0.1) is 0 Å². The summed E-state index contributed by atoms with van der Waals surface area (Å²) in [5.74, 6) is 0.816. The molecule has 0 aliphatic heterocycles. The molecule has 0 unspecified atom stereocenters. The number of hydrogen-bond donors (Lipinski definition) is 2. The molecule has 0 saturated heterocycles. The predicted molar refractivity (Wildman–Crippen MR) is 151 cm³/mol. The zero-order valence-electron chi connectivity index (χ0n) is 21.7. The standard InChI is InChI=1S/C31H34N4O2/c1-4-28(23-12-15-27(16-13-23)37-20-19-32-18-8-11-30(36)35(2)3)31(24-9-6-5-7-10-24)25-14-17-29-26(21-25)22-33-34-29/h5-17,21-22,32H,4,18-20H2,1-3H3,(H,33,34). The molecular weight excluding hydrogens is 460 g/mol. The van der Waals surface area contributed by atoms with E-state index in [4.69, 9.17) is 4.74 Å². The molecule has 4 aromatic rings. The number of hydrogen-bond acceptors (Lipinski definition) is 4. The summed E-state index contributed by atoms with van der Waals surface area (Å²) in [6.45, 7) is 4.06. The minimum atomic E-state index is -0.0175. The highest BCUT2D eigenvalue weighted by Gasteiger charge is 2.14. The normalized spacial score (nSPS) is 12.1. The fourth-order valence-corrected chi connectivity index (χ4v) is 4.23. The molecular formula is C31H34N4O2. The molecule has 6 heteroatoms. The third kappa shape index (κ3) is 6.74. The highest BCUT2D eigenvalue weighted by molar-refractivity contribution is 6.00. The first kappa shape index (κ1) is 25.9. The monoisotopic (exact) mass is 494 g/mol. The van der Waals surface area contributed by atoms with Crippen LogP contribution >= 0.6 is 0 Å². The molecule has 3 aromatic carbocycles. The number of nitrogens with one attached hydrogen (secondary N) is 2. The number of likely N-dealkylation sites (N-methyl/N-ethyl adjacent to an activating group) is 1.